The Kier molecular flexibility index (Phi) is 5.18. The molecule has 0 radical (unpaired) electrons. The minimum atomic E-state index is -0.236. The van der Waals surface area contributed by atoms with Crippen molar-refractivity contribution in [2.45, 2.75) is 26.7 Å². The number of benzene rings is 1. The van der Waals surface area contributed by atoms with Gasteiger partial charge < -0.3 is 9.88 Å². The summed E-state index contributed by atoms with van der Waals surface area (Å²) in [6.07, 6.45) is 5.19. The zero-order valence-corrected chi connectivity index (χ0v) is 18.6. The number of hydrogen-bond acceptors (Lipinski definition) is 6. The third kappa shape index (κ3) is 3.64. The smallest absolute Gasteiger partial charge is 0.260 e. The maximum Gasteiger partial charge on any atom is 0.260 e. The first-order valence-electron chi connectivity index (χ1n) is 10.5. The molecule has 1 saturated heterocycles. The van der Waals surface area contributed by atoms with Gasteiger partial charge in [-0.3, -0.25) is 9.59 Å². The number of para-hydroxylation sites is 1. The van der Waals surface area contributed by atoms with Crippen molar-refractivity contribution in [2.24, 2.45) is 0 Å². The van der Waals surface area contributed by atoms with Crippen LogP contribution in [0.3, 0.4) is 0 Å². The highest BCUT2D eigenvalue weighted by atomic mass is 32.1. The molecule has 1 N–H and O–H groups in total. The summed E-state index contributed by atoms with van der Waals surface area (Å²) in [6, 6.07) is 9.54. The van der Waals surface area contributed by atoms with Gasteiger partial charge in [0, 0.05) is 18.0 Å². The summed E-state index contributed by atoms with van der Waals surface area (Å²) in [4.78, 5) is 38.7. The van der Waals surface area contributed by atoms with E-state index >= 15 is 0 Å². The molecule has 0 aliphatic carbocycles. The van der Waals surface area contributed by atoms with Crippen LogP contribution >= 0.6 is 11.3 Å². The van der Waals surface area contributed by atoms with Gasteiger partial charge >= 0.3 is 0 Å². The number of amides is 1. The molecule has 4 aromatic rings. The number of hydrogen-bond donors (Lipinski definition) is 1. The normalized spacial score (nSPS) is 14.4. The summed E-state index contributed by atoms with van der Waals surface area (Å²) in [5.41, 5.74) is 2.33. The molecule has 1 fully saturated rings. The number of aryl methyl sites for hydroxylation is 2. The highest BCUT2D eigenvalue weighted by Crippen LogP contribution is 2.28. The SMILES string of the molecule is Cc1sc2nc(/C(=C\c3cnn(-c4ccccc4)n3)C(=O)N3CCCC3)[nH]c(=O)c2c1C. The Morgan fingerprint density at radius 1 is 1.16 bits per heavy atom. The van der Waals surface area contributed by atoms with Crippen molar-refractivity contribution in [1.29, 1.82) is 0 Å². The van der Waals surface area contributed by atoms with E-state index in [-0.39, 0.29) is 17.3 Å². The van der Waals surface area contributed by atoms with Gasteiger partial charge in [-0.25, -0.2) is 4.98 Å². The fraction of sp³-hybridized carbons (Fsp3) is 0.261. The average Bonchev–Trinajstić information content (AvgIpc) is 3.54. The van der Waals surface area contributed by atoms with Crippen LogP contribution in [0, 0.1) is 13.8 Å². The molecule has 1 aliphatic rings. The standard InChI is InChI=1S/C23H22N6O2S/c1-14-15(2)32-22-19(14)21(30)25-20(26-22)18(23(31)28-10-6-7-11-28)12-16-13-24-29(27-16)17-8-4-3-5-9-17/h3-5,8-9,12-13H,6-7,10-11H2,1-2H3,(H,25,26,30)/b18-12+. The second-order valence-corrected chi connectivity index (χ2v) is 9.03. The van der Waals surface area contributed by atoms with E-state index in [9.17, 15) is 9.59 Å². The Morgan fingerprint density at radius 3 is 2.66 bits per heavy atom. The number of nitrogens with one attached hydrogen (secondary N) is 1. The largest absolute Gasteiger partial charge is 0.339 e. The second-order valence-electron chi connectivity index (χ2n) is 7.83. The number of likely N-dealkylation sites (tertiary alicyclic amines) is 1. The number of aromatic amines is 1. The molecule has 1 aromatic carbocycles. The zero-order valence-electron chi connectivity index (χ0n) is 17.8. The van der Waals surface area contributed by atoms with Gasteiger partial charge in [-0.1, -0.05) is 18.2 Å². The highest BCUT2D eigenvalue weighted by Gasteiger charge is 2.25. The second kappa shape index (κ2) is 8.16. The molecule has 9 heteroatoms. The van der Waals surface area contributed by atoms with Gasteiger partial charge in [-0.05, 0) is 50.5 Å². The summed E-state index contributed by atoms with van der Waals surface area (Å²) in [7, 11) is 0. The van der Waals surface area contributed by atoms with Crippen molar-refractivity contribution in [3.8, 4) is 5.69 Å². The predicted octanol–water partition coefficient (Wildman–Crippen LogP) is 3.35. The van der Waals surface area contributed by atoms with E-state index in [0.717, 1.165) is 29.0 Å². The number of carbonyl (C=O) groups is 1. The molecule has 0 spiro atoms. The first-order valence-corrected chi connectivity index (χ1v) is 11.3. The first kappa shape index (κ1) is 20.3. The van der Waals surface area contributed by atoms with Crippen LogP contribution in [0.15, 0.2) is 41.3 Å². The Morgan fingerprint density at radius 2 is 1.91 bits per heavy atom. The van der Waals surface area contributed by atoms with E-state index in [1.807, 2.05) is 44.2 Å². The van der Waals surface area contributed by atoms with E-state index in [1.54, 1.807) is 17.2 Å². The number of aromatic nitrogens is 5. The summed E-state index contributed by atoms with van der Waals surface area (Å²) in [6.45, 7) is 5.26. The van der Waals surface area contributed by atoms with E-state index < -0.39 is 0 Å². The molecule has 0 saturated carbocycles. The molecule has 0 bridgehead atoms. The van der Waals surface area contributed by atoms with Crippen molar-refractivity contribution in [2.75, 3.05) is 13.1 Å². The van der Waals surface area contributed by atoms with Crippen molar-refractivity contribution in [3.63, 3.8) is 0 Å². The number of fused-ring (bicyclic) bond motifs is 1. The quantitative estimate of drug-likeness (QED) is 0.485. The Balaban J connectivity index is 1.62. The first-order chi connectivity index (χ1) is 15.5. The lowest BCUT2D eigenvalue weighted by Gasteiger charge is -2.17. The number of carbonyl (C=O) groups excluding carboxylic acids is 1. The van der Waals surface area contributed by atoms with Crippen LogP contribution in [-0.2, 0) is 4.79 Å². The Labute approximate surface area is 188 Å². The van der Waals surface area contributed by atoms with Crippen molar-refractivity contribution < 1.29 is 4.79 Å². The van der Waals surface area contributed by atoms with Crippen molar-refractivity contribution >= 4 is 39.1 Å². The molecule has 0 atom stereocenters. The van der Waals surface area contributed by atoms with E-state index in [2.05, 4.69) is 20.2 Å². The summed E-state index contributed by atoms with van der Waals surface area (Å²) in [5.74, 6) is 0.0965. The third-order valence-corrected chi connectivity index (χ3v) is 6.81. The lowest BCUT2D eigenvalue weighted by molar-refractivity contribution is -0.123. The molecule has 5 rings (SSSR count). The molecule has 32 heavy (non-hydrogen) atoms. The van der Waals surface area contributed by atoms with Gasteiger partial charge in [-0.15, -0.1) is 16.4 Å². The fourth-order valence-electron chi connectivity index (χ4n) is 3.88. The van der Waals surface area contributed by atoms with Crippen LogP contribution in [0.5, 0.6) is 0 Å². The van der Waals surface area contributed by atoms with E-state index in [4.69, 9.17) is 0 Å². The lowest BCUT2D eigenvalue weighted by Crippen LogP contribution is -2.29. The topological polar surface area (TPSA) is 96.8 Å². The number of thiophene rings is 1. The number of nitrogens with zero attached hydrogens (tertiary/aromatic N) is 5. The monoisotopic (exact) mass is 446 g/mol. The predicted molar refractivity (Wildman–Crippen MR) is 125 cm³/mol. The molecule has 1 amide bonds. The molecule has 1 aliphatic heterocycles. The van der Waals surface area contributed by atoms with Gasteiger partial charge in [0.05, 0.1) is 22.8 Å². The van der Waals surface area contributed by atoms with Crippen molar-refractivity contribution in [1.82, 2.24) is 29.9 Å². The number of rotatable bonds is 4. The van der Waals surface area contributed by atoms with E-state index in [1.165, 1.54) is 16.1 Å². The van der Waals surface area contributed by atoms with Crippen LogP contribution < -0.4 is 5.56 Å². The minimum Gasteiger partial charge on any atom is -0.339 e. The zero-order chi connectivity index (χ0) is 22.2. The molecule has 0 unspecified atom stereocenters. The number of H-pyrrole nitrogens is 1. The van der Waals surface area contributed by atoms with Crippen LogP contribution in [0.1, 0.15) is 34.8 Å². The molecule has 4 heterocycles. The minimum absolute atomic E-state index is 0.163. The molecular formula is C23H22N6O2S. The van der Waals surface area contributed by atoms with Crippen LogP contribution in [0.2, 0.25) is 0 Å². The van der Waals surface area contributed by atoms with Crippen LogP contribution in [-0.4, -0.2) is 48.9 Å². The van der Waals surface area contributed by atoms with Gasteiger partial charge in [0.25, 0.3) is 11.5 Å². The van der Waals surface area contributed by atoms with Crippen molar-refractivity contribution in [3.05, 3.63) is 68.8 Å². The maximum absolute atomic E-state index is 13.4. The van der Waals surface area contributed by atoms with Gasteiger partial charge in [0.15, 0.2) is 0 Å². The Bertz CT molecular complexity index is 1390. The highest BCUT2D eigenvalue weighted by molar-refractivity contribution is 7.18. The lowest BCUT2D eigenvalue weighted by atomic mass is 10.1. The van der Waals surface area contributed by atoms with Gasteiger partial charge in [0.2, 0.25) is 0 Å². The van der Waals surface area contributed by atoms with Crippen LogP contribution in [0.4, 0.5) is 0 Å². The Hall–Kier alpha value is -3.59. The summed E-state index contributed by atoms with van der Waals surface area (Å²) in [5, 5.41) is 9.40. The fourth-order valence-corrected chi connectivity index (χ4v) is 4.91. The third-order valence-electron chi connectivity index (χ3n) is 5.71. The van der Waals surface area contributed by atoms with Gasteiger partial charge in [0.1, 0.15) is 16.3 Å². The average molecular weight is 447 g/mol. The van der Waals surface area contributed by atoms with E-state index in [0.29, 0.717) is 34.6 Å². The molecule has 8 nitrogen and oxygen atoms in total. The molecular weight excluding hydrogens is 424 g/mol. The van der Waals surface area contributed by atoms with Gasteiger partial charge in [-0.2, -0.15) is 9.90 Å². The van der Waals surface area contributed by atoms with Crippen LogP contribution in [0.25, 0.3) is 27.6 Å². The molecule has 162 valence electrons. The summed E-state index contributed by atoms with van der Waals surface area (Å²) >= 11 is 1.46. The molecule has 3 aromatic heterocycles. The maximum atomic E-state index is 13.4. The summed E-state index contributed by atoms with van der Waals surface area (Å²) < 4.78 is 0.